The number of likely N-dealkylation sites (N-methyl/N-ethyl adjacent to an activating group) is 1. The minimum absolute atomic E-state index is 0.696. The smallest absolute Gasteiger partial charge is 0.0836 e. The van der Waals surface area contributed by atoms with Crippen LogP contribution >= 0.6 is 45.5 Å². The predicted octanol–water partition coefficient (Wildman–Crippen LogP) is 1.34. The number of rotatable bonds is 0. The van der Waals surface area contributed by atoms with Crippen molar-refractivity contribution in [2.45, 2.75) is 4.05 Å². The highest BCUT2D eigenvalue weighted by atomic mass is 127. The van der Waals surface area contributed by atoms with E-state index in [9.17, 15) is 0 Å². The highest BCUT2D eigenvalue weighted by molar-refractivity contribution is 14.1. The molecule has 9 heavy (non-hydrogen) atoms. The van der Waals surface area contributed by atoms with E-state index in [0.717, 1.165) is 0 Å². The van der Waals surface area contributed by atoms with Gasteiger partial charge in [0.2, 0.25) is 0 Å². The van der Waals surface area contributed by atoms with Gasteiger partial charge in [-0.25, -0.2) is 3.11 Å². The van der Waals surface area contributed by atoms with E-state index in [0.29, 0.717) is 4.05 Å². The third-order valence-corrected chi connectivity index (χ3v) is 4.75. The van der Waals surface area contributed by atoms with Crippen LogP contribution in [0.2, 0.25) is 0 Å². The molecule has 0 aliphatic carbocycles. The lowest BCUT2D eigenvalue weighted by atomic mass is 10.4. The van der Waals surface area contributed by atoms with Crippen molar-refractivity contribution in [2.75, 3.05) is 26.7 Å². The Bertz CT molecular complexity index is 99.0. The molecular weight excluding hydrogens is 342 g/mol. The molecule has 0 spiro atoms. The first-order valence-corrected chi connectivity index (χ1v) is 5.16. The van der Waals surface area contributed by atoms with Gasteiger partial charge in [0.25, 0.3) is 0 Å². The number of hydrogen-bond donors (Lipinski definition) is 0. The first-order chi connectivity index (χ1) is 4.20. The standard InChI is InChI=1S/C5H10I2N2/c1-8-2-3-9(7)5(6)4-8/h5H,2-4H2,1H3. The Balaban J connectivity index is 2.35. The highest BCUT2D eigenvalue weighted by Crippen LogP contribution is 2.17. The summed E-state index contributed by atoms with van der Waals surface area (Å²) in [4.78, 5) is 2.37. The first-order valence-electron chi connectivity index (χ1n) is 2.95. The van der Waals surface area contributed by atoms with Crippen molar-refractivity contribution in [2.24, 2.45) is 0 Å². The van der Waals surface area contributed by atoms with Gasteiger partial charge >= 0.3 is 0 Å². The molecule has 0 aromatic heterocycles. The van der Waals surface area contributed by atoms with Crippen LogP contribution in [0.5, 0.6) is 0 Å². The largest absolute Gasteiger partial charge is 0.303 e. The van der Waals surface area contributed by atoms with Crippen LogP contribution in [0.15, 0.2) is 0 Å². The minimum atomic E-state index is 0.696. The van der Waals surface area contributed by atoms with Gasteiger partial charge in [-0.2, -0.15) is 0 Å². The van der Waals surface area contributed by atoms with Crippen LogP contribution in [0.3, 0.4) is 0 Å². The maximum absolute atomic E-state index is 2.47. The molecule has 0 N–H and O–H groups in total. The normalized spacial score (nSPS) is 33.0. The van der Waals surface area contributed by atoms with E-state index < -0.39 is 0 Å². The van der Waals surface area contributed by atoms with Crippen molar-refractivity contribution < 1.29 is 0 Å². The topological polar surface area (TPSA) is 6.48 Å². The Morgan fingerprint density at radius 2 is 2.11 bits per heavy atom. The summed E-state index contributed by atoms with van der Waals surface area (Å²) in [5.74, 6) is 0. The zero-order valence-electron chi connectivity index (χ0n) is 5.35. The second-order valence-corrected chi connectivity index (χ2v) is 5.00. The molecule has 1 aliphatic heterocycles. The molecule has 1 rings (SSSR count). The van der Waals surface area contributed by atoms with E-state index in [1.54, 1.807) is 0 Å². The van der Waals surface area contributed by atoms with Gasteiger partial charge in [-0.1, -0.05) is 22.6 Å². The molecule has 0 aromatic rings. The van der Waals surface area contributed by atoms with Gasteiger partial charge in [0, 0.05) is 42.5 Å². The summed E-state index contributed by atoms with van der Waals surface area (Å²) in [7, 11) is 2.18. The Morgan fingerprint density at radius 1 is 1.44 bits per heavy atom. The molecule has 1 heterocycles. The number of hydrogen-bond acceptors (Lipinski definition) is 2. The molecule has 1 unspecified atom stereocenters. The third-order valence-electron chi connectivity index (χ3n) is 1.46. The van der Waals surface area contributed by atoms with Crippen LogP contribution in [0, 0.1) is 0 Å². The first kappa shape index (κ1) is 8.48. The molecule has 1 fully saturated rings. The van der Waals surface area contributed by atoms with E-state index in [-0.39, 0.29) is 0 Å². The summed E-state index contributed by atoms with van der Waals surface area (Å²) in [5, 5.41) is 0. The van der Waals surface area contributed by atoms with Crippen LogP contribution in [0.4, 0.5) is 0 Å². The second kappa shape index (κ2) is 3.68. The lowest BCUT2D eigenvalue weighted by molar-refractivity contribution is 0.236. The lowest BCUT2D eigenvalue weighted by Crippen LogP contribution is -2.43. The van der Waals surface area contributed by atoms with E-state index in [2.05, 4.69) is 60.5 Å². The molecule has 1 aliphatic rings. The molecule has 0 aromatic carbocycles. The molecule has 2 nitrogen and oxygen atoms in total. The molecule has 1 atom stereocenters. The predicted molar refractivity (Wildman–Crippen MR) is 56.0 cm³/mol. The van der Waals surface area contributed by atoms with E-state index in [1.807, 2.05) is 0 Å². The molecule has 0 bridgehead atoms. The summed E-state index contributed by atoms with van der Waals surface area (Å²) in [6, 6.07) is 0. The van der Waals surface area contributed by atoms with Gasteiger partial charge in [-0.3, -0.25) is 0 Å². The van der Waals surface area contributed by atoms with E-state index >= 15 is 0 Å². The van der Waals surface area contributed by atoms with Crippen molar-refractivity contribution in [1.82, 2.24) is 8.01 Å². The van der Waals surface area contributed by atoms with Crippen LogP contribution in [0.25, 0.3) is 0 Å². The quantitative estimate of drug-likeness (QED) is 0.281. The lowest BCUT2D eigenvalue weighted by Gasteiger charge is -2.32. The third kappa shape index (κ3) is 2.47. The van der Waals surface area contributed by atoms with Crippen LogP contribution < -0.4 is 0 Å². The second-order valence-electron chi connectivity index (χ2n) is 2.32. The highest BCUT2D eigenvalue weighted by Gasteiger charge is 2.19. The summed E-state index contributed by atoms with van der Waals surface area (Å²) in [6.45, 7) is 3.61. The molecule has 0 amide bonds. The molecule has 0 saturated carbocycles. The van der Waals surface area contributed by atoms with Crippen molar-refractivity contribution in [3.8, 4) is 0 Å². The van der Waals surface area contributed by atoms with E-state index in [4.69, 9.17) is 0 Å². The Labute approximate surface area is 83.6 Å². The Hall–Kier alpha value is 1.38. The summed E-state index contributed by atoms with van der Waals surface area (Å²) < 4.78 is 3.06. The van der Waals surface area contributed by atoms with Crippen molar-refractivity contribution in [3.63, 3.8) is 0 Å². The zero-order chi connectivity index (χ0) is 6.85. The Morgan fingerprint density at radius 3 is 2.56 bits per heavy atom. The van der Waals surface area contributed by atoms with Gasteiger partial charge in [0.1, 0.15) is 0 Å². The van der Waals surface area contributed by atoms with Gasteiger partial charge in [-0.05, 0) is 7.05 Å². The minimum Gasteiger partial charge on any atom is -0.303 e. The number of nitrogens with zero attached hydrogens (tertiary/aromatic N) is 2. The van der Waals surface area contributed by atoms with Gasteiger partial charge in [0.05, 0.1) is 4.05 Å². The van der Waals surface area contributed by atoms with E-state index in [1.165, 1.54) is 19.6 Å². The fourth-order valence-corrected chi connectivity index (χ4v) is 2.19. The van der Waals surface area contributed by atoms with Crippen LogP contribution in [0.1, 0.15) is 0 Å². The summed E-state index contributed by atoms with van der Waals surface area (Å²) in [5.41, 5.74) is 0. The Kier molecular flexibility index (Phi) is 3.47. The van der Waals surface area contributed by atoms with Crippen molar-refractivity contribution in [1.29, 1.82) is 0 Å². The fraction of sp³-hybridized carbons (Fsp3) is 1.00. The maximum Gasteiger partial charge on any atom is 0.0836 e. The number of halogens is 2. The monoisotopic (exact) mass is 352 g/mol. The van der Waals surface area contributed by atoms with Gasteiger partial charge in [0.15, 0.2) is 0 Å². The molecule has 54 valence electrons. The zero-order valence-corrected chi connectivity index (χ0v) is 9.66. The molecule has 1 saturated heterocycles. The average Bonchev–Trinajstić information content (AvgIpc) is 1.80. The van der Waals surface area contributed by atoms with Crippen molar-refractivity contribution >= 4 is 45.5 Å². The summed E-state index contributed by atoms with van der Waals surface area (Å²) >= 11 is 4.87. The number of alkyl halides is 1. The summed E-state index contributed by atoms with van der Waals surface area (Å²) in [6.07, 6.45) is 0. The van der Waals surface area contributed by atoms with Crippen LogP contribution in [-0.2, 0) is 0 Å². The molecule has 0 radical (unpaired) electrons. The molecular formula is C5H10I2N2. The van der Waals surface area contributed by atoms with Crippen LogP contribution in [-0.4, -0.2) is 38.7 Å². The number of piperazine rings is 1. The maximum atomic E-state index is 2.47. The van der Waals surface area contributed by atoms with Gasteiger partial charge < -0.3 is 4.90 Å². The van der Waals surface area contributed by atoms with Crippen molar-refractivity contribution in [3.05, 3.63) is 0 Å². The molecule has 4 heteroatoms. The fourth-order valence-electron chi connectivity index (χ4n) is 0.843. The van der Waals surface area contributed by atoms with Gasteiger partial charge in [-0.15, -0.1) is 0 Å². The average molecular weight is 352 g/mol. The SMILES string of the molecule is CN1CCN(I)C(I)C1.